The van der Waals surface area contributed by atoms with Gasteiger partial charge in [0, 0.05) is 25.6 Å². The highest BCUT2D eigenvalue weighted by molar-refractivity contribution is 5.69. The Morgan fingerprint density at radius 3 is 2.67 bits per heavy atom. The second-order valence-corrected chi connectivity index (χ2v) is 11.0. The van der Waals surface area contributed by atoms with Crippen molar-refractivity contribution >= 4 is 12.1 Å². The lowest BCUT2D eigenvalue weighted by atomic mass is 9.93. The average Bonchev–Trinajstić information content (AvgIpc) is 3.27. The molecule has 3 aliphatic carbocycles. The number of carboxylic acids is 1. The molecule has 36 heavy (non-hydrogen) atoms. The van der Waals surface area contributed by atoms with E-state index in [0.29, 0.717) is 22.8 Å². The predicted molar refractivity (Wildman–Crippen MR) is 130 cm³/mol. The van der Waals surface area contributed by atoms with Crippen molar-refractivity contribution in [2.24, 2.45) is 17.9 Å². The van der Waals surface area contributed by atoms with Crippen LogP contribution in [0.25, 0.3) is 11.4 Å². The fourth-order valence-corrected chi connectivity index (χ4v) is 6.41. The standard InChI is InChI=1S/C26H35N5O5/c1-16-20(36-21-11-12-26(13-22(32)33)15-25(21,26)2)10-9-18(27-16)23-19(31(4)29-28-23)14-35-24(34)30(3)17-7-5-6-8-17/h9-10,17,21H,5-8,11-15H2,1-4H3,(H,32,33)/t21-,25?,26?/m1/s1. The minimum atomic E-state index is -0.739. The smallest absolute Gasteiger partial charge is 0.410 e. The lowest BCUT2D eigenvalue weighted by Crippen LogP contribution is -2.35. The van der Waals surface area contributed by atoms with E-state index in [1.54, 1.807) is 23.7 Å². The Hall–Kier alpha value is -3.17. The van der Waals surface area contributed by atoms with Gasteiger partial charge in [0.05, 0.1) is 17.8 Å². The number of carbonyl (C=O) groups is 2. The molecule has 2 aromatic rings. The number of hydrogen-bond acceptors (Lipinski definition) is 7. The highest BCUT2D eigenvalue weighted by Gasteiger charge is 2.72. The second-order valence-electron chi connectivity index (χ2n) is 11.0. The van der Waals surface area contributed by atoms with Crippen molar-refractivity contribution in [1.29, 1.82) is 0 Å². The highest BCUT2D eigenvalue weighted by Crippen LogP contribution is 2.75. The summed E-state index contributed by atoms with van der Waals surface area (Å²) in [5.74, 6) is -0.0460. The Kier molecular flexibility index (Phi) is 6.16. The molecule has 2 heterocycles. The Morgan fingerprint density at radius 1 is 1.25 bits per heavy atom. The molecule has 3 aliphatic rings. The van der Waals surface area contributed by atoms with Crippen LogP contribution in [0.2, 0.25) is 0 Å². The van der Waals surface area contributed by atoms with Gasteiger partial charge in [-0.25, -0.2) is 14.5 Å². The molecule has 3 fully saturated rings. The van der Waals surface area contributed by atoms with Gasteiger partial charge in [0.25, 0.3) is 0 Å². The molecule has 10 nitrogen and oxygen atoms in total. The van der Waals surface area contributed by atoms with Gasteiger partial charge < -0.3 is 19.5 Å². The molecule has 0 radical (unpaired) electrons. The molecule has 2 unspecified atom stereocenters. The van der Waals surface area contributed by atoms with Crippen molar-refractivity contribution < 1.29 is 24.2 Å². The molecule has 2 aromatic heterocycles. The molecular formula is C26H35N5O5. The minimum absolute atomic E-state index is 0.0217. The summed E-state index contributed by atoms with van der Waals surface area (Å²) in [6.45, 7) is 4.09. The number of rotatable bonds is 8. The second kappa shape index (κ2) is 9.05. The van der Waals surface area contributed by atoms with Crippen LogP contribution in [0.4, 0.5) is 4.79 Å². The first-order chi connectivity index (χ1) is 17.1. The monoisotopic (exact) mass is 497 g/mol. The van der Waals surface area contributed by atoms with E-state index in [4.69, 9.17) is 14.5 Å². The minimum Gasteiger partial charge on any atom is -0.488 e. The van der Waals surface area contributed by atoms with Gasteiger partial charge in [-0.2, -0.15) is 0 Å². The van der Waals surface area contributed by atoms with Crippen LogP contribution in [-0.2, 0) is 23.2 Å². The molecule has 3 saturated carbocycles. The maximum Gasteiger partial charge on any atom is 0.410 e. The van der Waals surface area contributed by atoms with Crippen molar-refractivity contribution in [2.45, 2.75) is 84.0 Å². The number of amides is 1. The largest absolute Gasteiger partial charge is 0.488 e. The number of carbonyl (C=O) groups excluding carboxylic acids is 1. The summed E-state index contributed by atoms with van der Waals surface area (Å²) in [7, 11) is 3.56. The number of aryl methyl sites for hydroxylation is 2. The van der Waals surface area contributed by atoms with Crippen LogP contribution in [0.15, 0.2) is 12.1 Å². The third kappa shape index (κ3) is 4.20. The average molecular weight is 498 g/mol. The van der Waals surface area contributed by atoms with Gasteiger partial charge in [0.1, 0.15) is 29.8 Å². The molecule has 10 heteroatoms. The van der Waals surface area contributed by atoms with Gasteiger partial charge in [-0.05, 0) is 56.6 Å². The first-order valence-corrected chi connectivity index (χ1v) is 12.8. The van der Waals surface area contributed by atoms with Crippen LogP contribution in [0.1, 0.15) is 69.7 Å². The Labute approximate surface area is 211 Å². The molecule has 0 spiro atoms. The SMILES string of the molecule is Cc1nc(-c2nnn(C)c2COC(=O)N(C)C2CCCC2)ccc1O[C@@H]1CCC2(CC(=O)O)CC12C. The number of aliphatic carboxylic acids is 1. The Balaban J connectivity index is 1.26. The number of aromatic nitrogens is 4. The summed E-state index contributed by atoms with van der Waals surface area (Å²) < 4.78 is 13.6. The van der Waals surface area contributed by atoms with E-state index in [0.717, 1.165) is 50.6 Å². The van der Waals surface area contributed by atoms with Gasteiger partial charge in [-0.1, -0.05) is 25.0 Å². The number of ether oxygens (including phenoxy) is 2. The predicted octanol–water partition coefficient (Wildman–Crippen LogP) is 4.11. The zero-order valence-electron chi connectivity index (χ0n) is 21.5. The Morgan fingerprint density at radius 2 is 2.00 bits per heavy atom. The van der Waals surface area contributed by atoms with Crippen LogP contribution in [-0.4, -0.2) is 61.2 Å². The van der Waals surface area contributed by atoms with E-state index in [2.05, 4.69) is 17.2 Å². The zero-order valence-corrected chi connectivity index (χ0v) is 21.5. The number of pyridine rings is 1. The van der Waals surface area contributed by atoms with Crippen LogP contribution in [0.3, 0.4) is 0 Å². The van der Waals surface area contributed by atoms with Gasteiger partial charge in [-0.3, -0.25) is 4.79 Å². The quantitative estimate of drug-likeness (QED) is 0.579. The number of carboxylic acid groups (broad SMARTS) is 1. The molecule has 0 aliphatic heterocycles. The summed E-state index contributed by atoms with van der Waals surface area (Å²) in [6, 6.07) is 3.97. The van der Waals surface area contributed by atoms with Crippen molar-refractivity contribution in [2.75, 3.05) is 7.05 Å². The third-order valence-corrected chi connectivity index (χ3v) is 8.86. The molecule has 1 amide bonds. The summed E-state index contributed by atoms with van der Waals surface area (Å²) in [4.78, 5) is 30.3. The normalized spacial score (nSPS) is 27.1. The van der Waals surface area contributed by atoms with Crippen LogP contribution < -0.4 is 4.74 Å². The third-order valence-electron chi connectivity index (χ3n) is 8.86. The molecule has 0 saturated heterocycles. The van der Waals surface area contributed by atoms with Crippen LogP contribution >= 0.6 is 0 Å². The summed E-state index contributed by atoms with van der Waals surface area (Å²) in [5.41, 5.74) is 2.35. The van der Waals surface area contributed by atoms with Gasteiger partial charge in [0.2, 0.25) is 0 Å². The molecule has 0 aromatic carbocycles. The van der Waals surface area contributed by atoms with Gasteiger partial charge in [0.15, 0.2) is 0 Å². The topological polar surface area (TPSA) is 120 Å². The molecule has 1 N–H and O–H groups in total. The summed E-state index contributed by atoms with van der Waals surface area (Å²) in [6.07, 6.45) is 6.78. The fourth-order valence-electron chi connectivity index (χ4n) is 6.41. The lowest BCUT2D eigenvalue weighted by molar-refractivity contribution is -0.138. The van der Waals surface area contributed by atoms with Crippen LogP contribution in [0, 0.1) is 17.8 Å². The maximum absolute atomic E-state index is 12.6. The van der Waals surface area contributed by atoms with Gasteiger partial charge in [-0.15, -0.1) is 5.10 Å². The van der Waals surface area contributed by atoms with E-state index < -0.39 is 5.97 Å². The highest BCUT2D eigenvalue weighted by atomic mass is 16.6. The van der Waals surface area contributed by atoms with E-state index >= 15 is 0 Å². The number of fused-ring (bicyclic) bond motifs is 1. The van der Waals surface area contributed by atoms with Crippen molar-refractivity contribution in [3.05, 3.63) is 23.5 Å². The molecule has 194 valence electrons. The maximum atomic E-state index is 12.6. The molecule has 5 rings (SSSR count). The lowest BCUT2D eigenvalue weighted by Gasteiger charge is -2.23. The van der Waals surface area contributed by atoms with E-state index in [1.165, 1.54) is 0 Å². The fraction of sp³-hybridized carbons (Fsp3) is 0.654. The first-order valence-electron chi connectivity index (χ1n) is 12.8. The van der Waals surface area contributed by atoms with E-state index in [9.17, 15) is 14.7 Å². The summed E-state index contributed by atoms with van der Waals surface area (Å²) >= 11 is 0. The summed E-state index contributed by atoms with van der Waals surface area (Å²) in [5, 5.41) is 17.7. The van der Waals surface area contributed by atoms with E-state index in [-0.39, 0.29) is 42.1 Å². The van der Waals surface area contributed by atoms with Crippen molar-refractivity contribution in [3.63, 3.8) is 0 Å². The van der Waals surface area contributed by atoms with Gasteiger partial charge >= 0.3 is 12.1 Å². The Bertz CT molecular complexity index is 1170. The molecule has 0 bridgehead atoms. The first kappa shape index (κ1) is 24.5. The zero-order chi connectivity index (χ0) is 25.7. The van der Waals surface area contributed by atoms with Crippen molar-refractivity contribution in [3.8, 4) is 17.1 Å². The number of nitrogens with zero attached hydrogens (tertiary/aromatic N) is 5. The number of hydrogen-bond donors (Lipinski definition) is 1. The molecular weight excluding hydrogens is 462 g/mol. The van der Waals surface area contributed by atoms with Crippen LogP contribution in [0.5, 0.6) is 5.75 Å². The van der Waals surface area contributed by atoms with E-state index in [1.807, 2.05) is 19.1 Å². The van der Waals surface area contributed by atoms with Crippen molar-refractivity contribution in [1.82, 2.24) is 24.9 Å². The molecule has 3 atom stereocenters.